The number of pyridine rings is 2. The molecule has 328 valence electrons. The number of nitrogens with one attached hydrogen (secondary N) is 3. The minimum absolute atomic E-state index is 0.0648. The van der Waals surface area contributed by atoms with Gasteiger partial charge in [-0.05, 0) is 136 Å². The molecular weight excluding hydrogens is 793 g/mol. The summed E-state index contributed by atoms with van der Waals surface area (Å²) < 4.78 is 12.3. The number of carboxylic acid groups (broad SMARTS) is 1. The van der Waals surface area contributed by atoms with Crippen LogP contribution in [0.1, 0.15) is 115 Å². The number of aryl methyl sites for hydroxylation is 4. The summed E-state index contributed by atoms with van der Waals surface area (Å²) in [4.78, 5) is 53.3. The Labute approximate surface area is 368 Å². The van der Waals surface area contributed by atoms with E-state index < -0.39 is 5.97 Å². The van der Waals surface area contributed by atoms with E-state index in [4.69, 9.17) is 15.2 Å². The Morgan fingerprint density at radius 1 is 0.651 bits per heavy atom. The van der Waals surface area contributed by atoms with E-state index in [0.717, 1.165) is 80.2 Å². The summed E-state index contributed by atoms with van der Waals surface area (Å²) in [6.45, 7) is 16.2. The Morgan fingerprint density at radius 2 is 1.08 bits per heavy atom. The molecule has 0 spiro atoms. The van der Waals surface area contributed by atoms with Gasteiger partial charge >= 0.3 is 5.97 Å². The molecule has 0 fully saturated rings. The van der Waals surface area contributed by atoms with E-state index in [0.29, 0.717) is 41.6 Å². The third-order valence-electron chi connectivity index (χ3n) is 11.1. The molecule has 11 nitrogen and oxygen atoms in total. The van der Waals surface area contributed by atoms with Gasteiger partial charge in [-0.2, -0.15) is 0 Å². The van der Waals surface area contributed by atoms with Crippen molar-refractivity contribution in [2.75, 3.05) is 0 Å². The van der Waals surface area contributed by atoms with Crippen LogP contribution in [0.15, 0.2) is 107 Å². The molecule has 11 heteroatoms. The Hall–Kier alpha value is -6.72. The number of carbonyl (C=O) groups is 2. The number of hydrogen-bond acceptors (Lipinski definition) is 7. The Kier molecular flexibility index (Phi) is 13.9. The van der Waals surface area contributed by atoms with Crippen LogP contribution in [-0.4, -0.2) is 38.2 Å². The zero-order chi connectivity index (χ0) is 45.6. The van der Waals surface area contributed by atoms with Crippen molar-refractivity contribution < 1.29 is 24.2 Å². The van der Waals surface area contributed by atoms with Crippen LogP contribution < -0.4 is 31.6 Å². The maximum Gasteiger partial charge on any atom is 0.335 e. The average molecular weight is 851 g/mol. The average Bonchev–Trinajstić information content (AvgIpc) is 3.71. The zero-order valence-electron chi connectivity index (χ0n) is 37.5. The van der Waals surface area contributed by atoms with Crippen molar-refractivity contribution in [2.24, 2.45) is 5.73 Å². The first-order chi connectivity index (χ1) is 29.8. The molecule has 4 heterocycles. The molecule has 63 heavy (non-hydrogen) atoms. The largest absolute Gasteiger partial charge is 0.487 e. The lowest BCUT2D eigenvalue weighted by molar-refractivity contribution is 0.0696. The second kappa shape index (κ2) is 19.1. The first-order valence-electron chi connectivity index (χ1n) is 21.2. The summed E-state index contributed by atoms with van der Waals surface area (Å²) in [7, 11) is 0. The summed E-state index contributed by atoms with van der Waals surface area (Å²) >= 11 is 0. The number of hydrogen-bond donors (Lipinski definition) is 5. The smallest absolute Gasteiger partial charge is 0.335 e. The predicted octanol–water partition coefficient (Wildman–Crippen LogP) is 8.37. The number of fused-ring (bicyclic) bond motifs is 2. The molecule has 1 amide bonds. The summed E-state index contributed by atoms with van der Waals surface area (Å²) in [6.07, 6.45) is 2.87. The van der Waals surface area contributed by atoms with Crippen molar-refractivity contribution in [2.45, 2.75) is 105 Å². The molecule has 0 aliphatic carbocycles. The fraction of sp³-hybridized carbons (Fsp3) is 0.308. The van der Waals surface area contributed by atoms with E-state index in [2.05, 4.69) is 41.3 Å². The van der Waals surface area contributed by atoms with E-state index in [1.54, 1.807) is 12.1 Å². The number of aromatic amines is 2. The van der Waals surface area contributed by atoms with Gasteiger partial charge in [0.25, 0.3) is 17.0 Å². The summed E-state index contributed by atoms with van der Waals surface area (Å²) in [5, 5.41) is 12.2. The number of benzene rings is 4. The van der Waals surface area contributed by atoms with E-state index in [9.17, 15) is 24.3 Å². The van der Waals surface area contributed by atoms with Crippen molar-refractivity contribution in [1.29, 1.82) is 0 Å². The molecule has 6 aromatic rings. The second-order valence-corrected chi connectivity index (χ2v) is 17.7. The van der Waals surface area contributed by atoms with E-state index in [-0.39, 0.29) is 34.8 Å². The van der Waals surface area contributed by atoms with Gasteiger partial charge in [0.1, 0.15) is 22.7 Å². The minimum Gasteiger partial charge on any atom is -0.487 e. The molecule has 2 aliphatic rings. The van der Waals surface area contributed by atoms with Gasteiger partial charge in [0.05, 0.1) is 5.56 Å². The first kappa shape index (κ1) is 45.8. The third kappa shape index (κ3) is 11.6. The maximum atomic E-state index is 13.0. The molecule has 6 N–H and O–H groups in total. The zero-order valence-corrected chi connectivity index (χ0v) is 37.5. The predicted molar refractivity (Wildman–Crippen MR) is 247 cm³/mol. The summed E-state index contributed by atoms with van der Waals surface area (Å²) in [5.74, 6) is 0.656. The number of ether oxygens (including phenoxy) is 2. The Morgan fingerprint density at radius 3 is 1.51 bits per heavy atom. The quantitative estimate of drug-likeness (QED) is 0.0964. The standard InChI is InChI=1S/C26H28N2O3.C18H18O3.C8H12N2O/c1-16-10-17(2)28-25(30)22(16)15-27-24(29)20-12-19(11-18-8-6-5-7-9-18)23-21(13-20)14-26(3,4)31-23;1-18(2)11-15-10-14(17(19)20)9-13(16(15)21-18)8-12-6-4-3-5-7-12;1-5-3-6(2)10-8(11)7(5)4-9/h5-10,12-13H,11,14-15H2,1-4H3,(H,27,29)(H,28,30);3-7,9-10H,8,11H2,1-2H3,(H,19,20);3H,4,9H2,1-2H3,(H,10,11). The fourth-order valence-electron chi connectivity index (χ4n) is 8.23. The number of aromatic carboxylic acids is 1. The molecule has 0 saturated carbocycles. The molecule has 0 atom stereocenters. The van der Waals surface area contributed by atoms with E-state index in [1.807, 2.05) is 114 Å². The maximum absolute atomic E-state index is 13.0. The highest BCUT2D eigenvalue weighted by Gasteiger charge is 2.34. The monoisotopic (exact) mass is 850 g/mol. The van der Waals surface area contributed by atoms with Crippen LogP contribution in [0.25, 0.3) is 0 Å². The van der Waals surface area contributed by atoms with Crippen LogP contribution in [0.2, 0.25) is 0 Å². The van der Waals surface area contributed by atoms with Gasteiger partial charge in [-0.3, -0.25) is 14.4 Å². The minimum atomic E-state index is -0.892. The molecule has 2 aromatic heterocycles. The van der Waals surface area contributed by atoms with E-state index >= 15 is 0 Å². The summed E-state index contributed by atoms with van der Waals surface area (Å²) in [6, 6.07) is 31.3. The molecular formula is C52H58N4O7. The lowest BCUT2D eigenvalue weighted by Crippen LogP contribution is -2.28. The van der Waals surface area contributed by atoms with Crippen molar-refractivity contribution >= 4 is 11.9 Å². The third-order valence-corrected chi connectivity index (χ3v) is 11.1. The van der Waals surface area contributed by atoms with Crippen LogP contribution in [0, 0.1) is 27.7 Å². The first-order valence-corrected chi connectivity index (χ1v) is 21.2. The normalized spacial score (nSPS) is 13.8. The number of aromatic nitrogens is 2. The van der Waals surface area contributed by atoms with Crippen LogP contribution in [-0.2, 0) is 38.8 Å². The van der Waals surface area contributed by atoms with Gasteiger partial charge in [-0.25, -0.2) is 4.79 Å². The highest BCUT2D eigenvalue weighted by atomic mass is 16.5. The molecule has 4 aromatic carbocycles. The molecule has 0 saturated heterocycles. The van der Waals surface area contributed by atoms with Crippen LogP contribution >= 0.6 is 0 Å². The number of H-pyrrole nitrogens is 2. The number of carbonyl (C=O) groups excluding carboxylic acids is 1. The Balaban J connectivity index is 0.000000177. The SMILES string of the molecule is CC1(C)Cc2cc(C(=O)O)cc(Cc3ccccc3)c2O1.Cc1cc(C)c(CN)c(=O)[nH]1.Cc1cc(C)c(CNC(=O)c2cc(Cc3ccccc3)c3c(c2)CC(C)(C)O3)c(=O)[nH]1. The van der Waals surface area contributed by atoms with Gasteiger partial charge < -0.3 is 35.6 Å². The van der Waals surface area contributed by atoms with Crippen LogP contribution in [0.5, 0.6) is 11.5 Å². The second-order valence-electron chi connectivity index (χ2n) is 17.7. The number of rotatable bonds is 9. The summed E-state index contributed by atoms with van der Waals surface area (Å²) in [5.41, 5.74) is 16.6. The van der Waals surface area contributed by atoms with Crippen molar-refractivity contribution in [3.05, 3.63) is 196 Å². The van der Waals surface area contributed by atoms with Gasteiger partial charge in [0.2, 0.25) is 0 Å². The van der Waals surface area contributed by atoms with Crippen molar-refractivity contribution in [3.63, 3.8) is 0 Å². The Bertz CT molecular complexity index is 2750. The topological polar surface area (TPSA) is 177 Å². The lowest BCUT2D eigenvalue weighted by Gasteiger charge is -2.18. The van der Waals surface area contributed by atoms with Gasteiger partial charge in [0, 0.05) is 66.9 Å². The fourth-order valence-corrected chi connectivity index (χ4v) is 8.23. The highest BCUT2D eigenvalue weighted by Crippen LogP contribution is 2.41. The number of nitrogens with two attached hydrogens (primary N) is 1. The molecule has 2 aliphatic heterocycles. The van der Waals surface area contributed by atoms with Crippen molar-refractivity contribution in [1.82, 2.24) is 15.3 Å². The van der Waals surface area contributed by atoms with Crippen molar-refractivity contribution in [3.8, 4) is 11.5 Å². The van der Waals surface area contributed by atoms with Gasteiger partial charge in [-0.1, -0.05) is 60.7 Å². The number of carboxylic acids is 1. The molecule has 0 unspecified atom stereocenters. The number of amides is 1. The van der Waals surface area contributed by atoms with Crippen LogP contribution in [0.3, 0.4) is 0 Å². The van der Waals surface area contributed by atoms with Gasteiger partial charge in [0.15, 0.2) is 0 Å². The van der Waals surface area contributed by atoms with E-state index in [1.165, 1.54) is 0 Å². The highest BCUT2D eigenvalue weighted by molar-refractivity contribution is 5.95. The molecule has 8 rings (SSSR count). The van der Waals surface area contributed by atoms with Crippen LogP contribution in [0.4, 0.5) is 0 Å². The lowest BCUT2D eigenvalue weighted by atomic mass is 9.95. The van der Waals surface area contributed by atoms with Gasteiger partial charge in [-0.15, -0.1) is 0 Å². The molecule has 0 bridgehead atoms. The molecule has 0 radical (unpaired) electrons.